The summed E-state index contributed by atoms with van der Waals surface area (Å²) in [6.45, 7) is 6.46. The molecule has 0 aromatic rings. The van der Waals surface area contributed by atoms with Crippen LogP contribution in [0, 0.1) is 0 Å². The van der Waals surface area contributed by atoms with Crippen molar-refractivity contribution in [2.45, 2.75) is 322 Å². The van der Waals surface area contributed by atoms with Crippen LogP contribution in [0.3, 0.4) is 0 Å². The lowest BCUT2D eigenvalue weighted by Crippen LogP contribution is -2.30. The van der Waals surface area contributed by atoms with E-state index in [4.69, 9.17) is 14.2 Å². The molecule has 0 aliphatic heterocycles. The van der Waals surface area contributed by atoms with E-state index < -0.39 is 6.10 Å². The average molecular weight is 1120 g/mol. The predicted octanol–water partition coefficient (Wildman–Crippen LogP) is 23.6. The first-order valence-corrected chi connectivity index (χ1v) is 34.0. The van der Waals surface area contributed by atoms with E-state index in [-0.39, 0.29) is 31.1 Å². The molecule has 0 aliphatic carbocycles. The molecule has 0 heterocycles. The fraction of sp³-hybridized carbons (Fsp3) is 0.693. The molecule has 0 N–H and O–H groups in total. The van der Waals surface area contributed by atoms with Gasteiger partial charge in [0.2, 0.25) is 0 Å². The van der Waals surface area contributed by atoms with Crippen LogP contribution in [0.15, 0.2) is 122 Å². The van der Waals surface area contributed by atoms with Gasteiger partial charge in [-0.25, -0.2) is 0 Å². The Kier molecular flexibility index (Phi) is 64.8. The number of hydrogen-bond donors (Lipinski definition) is 0. The molecule has 0 saturated heterocycles. The van der Waals surface area contributed by atoms with Crippen LogP contribution in [-0.4, -0.2) is 37.2 Å². The SMILES string of the molecule is CC/C=C\C/C=C\C/C=C\C/C=C\C/C=C\C/C=C\C/C=C\CCCCCCCCCC(=O)OCC(COC(=O)CCCCCCC/C=C\C/C=C\CCC)OC(=O)CCCCCCCCCCC/C=C\CCCCCCCCCC. The highest BCUT2D eigenvalue weighted by Crippen LogP contribution is 2.16. The maximum absolute atomic E-state index is 12.9. The van der Waals surface area contributed by atoms with Crippen molar-refractivity contribution >= 4 is 17.9 Å². The van der Waals surface area contributed by atoms with E-state index in [1.54, 1.807) is 0 Å². The van der Waals surface area contributed by atoms with Crippen LogP contribution in [0.1, 0.15) is 316 Å². The van der Waals surface area contributed by atoms with E-state index in [1.807, 2.05) is 0 Å². The van der Waals surface area contributed by atoms with Crippen molar-refractivity contribution in [1.82, 2.24) is 0 Å². The first kappa shape index (κ1) is 76.8. The van der Waals surface area contributed by atoms with Gasteiger partial charge in [0, 0.05) is 19.3 Å². The predicted molar refractivity (Wildman–Crippen MR) is 353 cm³/mol. The summed E-state index contributed by atoms with van der Waals surface area (Å²) in [5.74, 6) is -0.909. The maximum Gasteiger partial charge on any atom is 0.306 e. The fourth-order valence-electron chi connectivity index (χ4n) is 9.34. The van der Waals surface area contributed by atoms with Crippen LogP contribution in [0.5, 0.6) is 0 Å². The lowest BCUT2D eigenvalue weighted by atomic mass is 10.1. The zero-order valence-corrected chi connectivity index (χ0v) is 53.0. The smallest absolute Gasteiger partial charge is 0.306 e. The molecule has 0 aromatic heterocycles. The molecule has 0 spiro atoms. The Morgan fingerprint density at radius 1 is 0.259 bits per heavy atom. The first-order chi connectivity index (χ1) is 40.0. The van der Waals surface area contributed by atoms with Gasteiger partial charge in [-0.05, 0) is 128 Å². The van der Waals surface area contributed by atoms with Gasteiger partial charge in [0.25, 0.3) is 0 Å². The van der Waals surface area contributed by atoms with Gasteiger partial charge in [-0.1, -0.05) is 290 Å². The zero-order valence-electron chi connectivity index (χ0n) is 53.0. The summed E-state index contributed by atoms with van der Waals surface area (Å²) in [6, 6.07) is 0. The topological polar surface area (TPSA) is 78.9 Å². The summed E-state index contributed by atoms with van der Waals surface area (Å²) >= 11 is 0. The number of ether oxygens (including phenoxy) is 3. The van der Waals surface area contributed by atoms with Crippen LogP contribution in [0.25, 0.3) is 0 Å². The number of carbonyl (C=O) groups is 3. The zero-order chi connectivity index (χ0) is 58.5. The van der Waals surface area contributed by atoms with Crippen molar-refractivity contribution in [3.05, 3.63) is 122 Å². The molecule has 0 rings (SSSR count). The largest absolute Gasteiger partial charge is 0.462 e. The lowest BCUT2D eigenvalue weighted by molar-refractivity contribution is -0.167. The van der Waals surface area contributed by atoms with Crippen molar-refractivity contribution in [3.63, 3.8) is 0 Å². The van der Waals surface area contributed by atoms with E-state index in [9.17, 15) is 14.4 Å². The molecule has 1 unspecified atom stereocenters. The van der Waals surface area contributed by atoms with Crippen LogP contribution < -0.4 is 0 Å². The number of unbranched alkanes of at least 4 members (excludes halogenated alkanes) is 30. The highest BCUT2D eigenvalue weighted by atomic mass is 16.6. The number of carbonyl (C=O) groups excluding carboxylic acids is 3. The van der Waals surface area contributed by atoms with Crippen LogP contribution in [-0.2, 0) is 28.6 Å². The van der Waals surface area contributed by atoms with E-state index in [1.165, 1.54) is 135 Å². The van der Waals surface area contributed by atoms with Crippen molar-refractivity contribution in [2.24, 2.45) is 0 Å². The highest BCUT2D eigenvalue weighted by Gasteiger charge is 2.19. The fourth-order valence-corrected chi connectivity index (χ4v) is 9.34. The van der Waals surface area contributed by atoms with Crippen molar-refractivity contribution in [2.75, 3.05) is 13.2 Å². The second-order valence-electron chi connectivity index (χ2n) is 22.3. The minimum atomic E-state index is -0.794. The summed E-state index contributed by atoms with van der Waals surface area (Å²) in [6.07, 6.45) is 95.0. The molecule has 0 radical (unpaired) electrons. The number of rotatable bonds is 61. The first-order valence-electron chi connectivity index (χ1n) is 34.0. The second-order valence-corrected chi connectivity index (χ2v) is 22.3. The number of hydrogen-bond acceptors (Lipinski definition) is 6. The maximum atomic E-state index is 12.9. The van der Waals surface area contributed by atoms with Crippen LogP contribution in [0.2, 0.25) is 0 Å². The highest BCUT2D eigenvalue weighted by molar-refractivity contribution is 5.71. The quantitative estimate of drug-likeness (QED) is 0.0261. The van der Waals surface area contributed by atoms with E-state index >= 15 is 0 Å². The Hall–Kier alpha value is -4.19. The van der Waals surface area contributed by atoms with Gasteiger partial charge in [-0.15, -0.1) is 0 Å². The van der Waals surface area contributed by atoms with Gasteiger partial charge in [-0.2, -0.15) is 0 Å². The molecular formula is C75H126O6. The third kappa shape index (κ3) is 66.5. The molecule has 0 aliphatic rings. The summed E-state index contributed by atoms with van der Waals surface area (Å²) in [5, 5.41) is 0. The van der Waals surface area contributed by atoms with Gasteiger partial charge in [-0.3, -0.25) is 14.4 Å². The van der Waals surface area contributed by atoms with Gasteiger partial charge < -0.3 is 14.2 Å². The monoisotopic (exact) mass is 1120 g/mol. The minimum Gasteiger partial charge on any atom is -0.462 e. The van der Waals surface area contributed by atoms with Gasteiger partial charge in [0.15, 0.2) is 6.10 Å². The molecule has 0 fully saturated rings. The normalized spacial score (nSPS) is 12.9. The van der Waals surface area contributed by atoms with Gasteiger partial charge >= 0.3 is 17.9 Å². The Bertz CT molecular complexity index is 1670. The molecule has 1 atom stereocenters. The molecule has 81 heavy (non-hydrogen) atoms. The summed E-state index contributed by atoms with van der Waals surface area (Å²) in [4.78, 5) is 38.4. The molecule has 6 nitrogen and oxygen atoms in total. The third-order valence-electron chi connectivity index (χ3n) is 14.4. The van der Waals surface area contributed by atoms with Crippen molar-refractivity contribution in [3.8, 4) is 0 Å². The Balaban J connectivity index is 4.34. The Morgan fingerprint density at radius 3 is 0.815 bits per heavy atom. The molecular weight excluding hydrogens is 997 g/mol. The Labute approximate surface area is 501 Å². The standard InChI is InChI=1S/C75H126O6/c1-4-7-10-13-16-19-22-25-27-29-31-33-34-35-36-37-38-39-40-42-43-45-47-50-53-56-59-62-65-68-74(77)80-71-72(70-79-73(76)67-64-61-58-55-52-49-24-21-18-15-12-9-6-3)81-75(78)69-66-63-60-57-54-51-48-46-44-41-32-30-28-26-23-20-17-14-11-8-5-2/h7,10,12,15-16,19,21,24-25,27,30-33,35-36,38-39,42-43,72H,4-6,8-9,11,13-14,17-18,20,22-23,26,28-29,34,37,40-41,44-71H2,1-3H3/b10-7-,15-12-,19-16-,24-21-,27-25-,32-30-,33-31-,36-35-,39-38-,43-42-. The van der Waals surface area contributed by atoms with Gasteiger partial charge in [0.05, 0.1) is 0 Å². The summed E-state index contributed by atoms with van der Waals surface area (Å²) in [7, 11) is 0. The second kappa shape index (κ2) is 68.3. The van der Waals surface area contributed by atoms with Crippen molar-refractivity contribution in [1.29, 1.82) is 0 Å². The average Bonchev–Trinajstić information content (AvgIpc) is 3.46. The van der Waals surface area contributed by atoms with E-state index in [0.29, 0.717) is 19.3 Å². The molecule has 462 valence electrons. The number of esters is 3. The van der Waals surface area contributed by atoms with Crippen LogP contribution >= 0.6 is 0 Å². The molecule has 0 aromatic carbocycles. The third-order valence-corrected chi connectivity index (χ3v) is 14.4. The van der Waals surface area contributed by atoms with Crippen molar-refractivity contribution < 1.29 is 28.6 Å². The lowest BCUT2D eigenvalue weighted by Gasteiger charge is -2.18. The summed E-state index contributed by atoms with van der Waals surface area (Å²) < 4.78 is 16.9. The molecule has 6 heteroatoms. The minimum absolute atomic E-state index is 0.0905. The van der Waals surface area contributed by atoms with E-state index in [0.717, 1.165) is 141 Å². The van der Waals surface area contributed by atoms with E-state index in [2.05, 4.69) is 142 Å². The molecule has 0 bridgehead atoms. The summed E-state index contributed by atoms with van der Waals surface area (Å²) in [5.41, 5.74) is 0. The Morgan fingerprint density at radius 2 is 0.506 bits per heavy atom. The molecule has 0 amide bonds. The molecule has 0 saturated carbocycles. The number of allylic oxidation sites excluding steroid dienone is 20. The van der Waals surface area contributed by atoms with Gasteiger partial charge in [0.1, 0.15) is 13.2 Å². The van der Waals surface area contributed by atoms with Crippen LogP contribution in [0.4, 0.5) is 0 Å².